The van der Waals surface area contributed by atoms with E-state index < -0.39 is 17.6 Å². The van der Waals surface area contributed by atoms with Crippen LogP contribution in [0.2, 0.25) is 0 Å². The van der Waals surface area contributed by atoms with Crippen molar-refractivity contribution in [2.24, 2.45) is 0 Å². The van der Waals surface area contributed by atoms with Gasteiger partial charge in [-0.25, -0.2) is 0 Å². The van der Waals surface area contributed by atoms with Gasteiger partial charge in [0.05, 0.1) is 5.56 Å². The van der Waals surface area contributed by atoms with Crippen molar-refractivity contribution in [1.82, 2.24) is 10.2 Å². The zero-order chi connectivity index (χ0) is 15.9. The lowest BCUT2D eigenvalue weighted by molar-refractivity contribution is -0.137. The van der Waals surface area contributed by atoms with Crippen molar-refractivity contribution in [3.05, 3.63) is 35.4 Å². The second kappa shape index (κ2) is 8.02. The van der Waals surface area contributed by atoms with Gasteiger partial charge in [-0.3, -0.25) is 4.79 Å². The van der Waals surface area contributed by atoms with Crippen LogP contribution in [0.3, 0.4) is 0 Å². The van der Waals surface area contributed by atoms with Gasteiger partial charge < -0.3 is 10.2 Å². The van der Waals surface area contributed by atoms with Crippen LogP contribution < -0.4 is 5.32 Å². The predicted octanol–water partition coefficient (Wildman–Crippen LogP) is 3.17. The molecule has 21 heavy (non-hydrogen) atoms. The minimum Gasteiger partial charge on any atom is -0.352 e. The molecule has 0 aliphatic heterocycles. The molecule has 0 aliphatic carbocycles. The van der Waals surface area contributed by atoms with Gasteiger partial charge in [-0.05, 0) is 44.3 Å². The van der Waals surface area contributed by atoms with E-state index in [1.54, 1.807) is 0 Å². The molecular weight excluding hydrogens is 281 g/mol. The molecule has 0 aliphatic rings. The summed E-state index contributed by atoms with van der Waals surface area (Å²) in [6.45, 7) is 7.31. The van der Waals surface area contributed by atoms with E-state index in [1.165, 1.54) is 12.1 Å². The van der Waals surface area contributed by atoms with E-state index in [2.05, 4.69) is 24.1 Å². The Kier molecular flexibility index (Phi) is 6.68. The molecule has 0 aromatic heterocycles. The molecule has 0 unspecified atom stereocenters. The molecule has 0 spiro atoms. The number of carbonyl (C=O) groups is 1. The number of halogens is 3. The van der Waals surface area contributed by atoms with Crippen LogP contribution in [0.1, 0.15) is 36.2 Å². The Balaban J connectivity index is 2.49. The van der Waals surface area contributed by atoms with Gasteiger partial charge in [0.25, 0.3) is 5.91 Å². The topological polar surface area (TPSA) is 32.3 Å². The van der Waals surface area contributed by atoms with Gasteiger partial charge in [0.2, 0.25) is 0 Å². The third-order valence-corrected chi connectivity index (χ3v) is 3.28. The molecule has 0 heterocycles. The summed E-state index contributed by atoms with van der Waals surface area (Å²) < 4.78 is 37.7. The third-order valence-electron chi connectivity index (χ3n) is 3.28. The Bertz CT molecular complexity index is 456. The monoisotopic (exact) mass is 302 g/mol. The average Bonchev–Trinajstić information content (AvgIpc) is 2.46. The predicted molar refractivity (Wildman–Crippen MR) is 76.2 cm³/mol. The van der Waals surface area contributed by atoms with Crippen molar-refractivity contribution >= 4 is 5.91 Å². The number of amides is 1. The molecule has 0 saturated heterocycles. The van der Waals surface area contributed by atoms with Gasteiger partial charge in [0.15, 0.2) is 0 Å². The summed E-state index contributed by atoms with van der Waals surface area (Å²) in [5.41, 5.74) is -0.772. The summed E-state index contributed by atoms with van der Waals surface area (Å²) in [5.74, 6) is -0.472. The number of carbonyl (C=O) groups excluding carboxylic acids is 1. The van der Waals surface area contributed by atoms with Crippen molar-refractivity contribution in [2.45, 2.75) is 26.4 Å². The maximum absolute atomic E-state index is 12.6. The second-order valence-electron chi connectivity index (χ2n) is 4.71. The van der Waals surface area contributed by atoms with Crippen molar-refractivity contribution in [2.75, 3.05) is 26.2 Å². The molecule has 0 atom stereocenters. The number of hydrogen-bond donors (Lipinski definition) is 1. The van der Waals surface area contributed by atoms with E-state index in [9.17, 15) is 18.0 Å². The van der Waals surface area contributed by atoms with Crippen LogP contribution in [-0.2, 0) is 6.18 Å². The van der Waals surface area contributed by atoms with Gasteiger partial charge in [-0.15, -0.1) is 0 Å². The van der Waals surface area contributed by atoms with Gasteiger partial charge in [-0.2, -0.15) is 13.2 Å². The van der Waals surface area contributed by atoms with E-state index in [4.69, 9.17) is 0 Å². The SMILES string of the molecule is CCN(CC)CCCNC(=O)c1cccc(C(F)(F)F)c1. The van der Waals surface area contributed by atoms with E-state index >= 15 is 0 Å². The summed E-state index contributed by atoms with van der Waals surface area (Å²) in [6.07, 6.45) is -3.66. The lowest BCUT2D eigenvalue weighted by atomic mass is 10.1. The standard InChI is InChI=1S/C15H21F3N2O/c1-3-20(4-2)10-6-9-19-14(21)12-7-5-8-13(11-12)15(16,17)18/h5,7-8,11H,3-4,6,9-10H2,1-2H3,(H,19,21). The largest absolute Gasteiger partial charge is 0.416 e. The highest BCUT2D eigenvalue weighted by Crippen LogP contribution is 2.29. The van der Waals surface area contributed by atoms with Crippen LogP contribution in [0.15, 0.2) is 24.3 Å². The summed E-state index contributed by atoms with van der Waals surface area (Å²) in [5, 5.41) is 2.65. The van der Waals surface area contributed by atoms with Crippen LogP contribution in [0.4, 0.5) is 13.2 Å². The maximum Gasteiger partial charge on any atom is 0.416 e. The number of benzene rings is 1. The molecule has 3 nitrogen and oxygen atoms in total. The van der Waals surface area contributed by atoms with Gasteiger partial charge in [0, 0.05) is 12.1 Å². The molecule has 1 rings (SSSR count). The molecule has 118 valence electrons. The average molecular weight is 302 g/mol. The van der Waals surface area contributed by atoms with Gasteiger partial charge in [-0.1, -0.05) is 19.9 Å². The summed E-state index contributed by atoms with van der Waals surface area (Å²) in [4.78, 5) is 14.0. The molecular formula is C15H21F3N2O. The van der Waals surface area contributed by atoms with Crippen molar-refractivity contribution < 1.29 is 18.0 Å². The zero-order valence-electron chi connectivity index (χ0n) is 12.3. The summed E-state index contributed by atoms with van der Waals surface area (Å²) in [7, 11) is 0. The molecule has 1 amide bonds. The Labute approximate surface area is 123 Å². The highest BCUT2D eigenvalue weighted by atomic mass is 19.4. The minimum atomic E-state index is -4.43. The van der Waals surface area contributed by atoms with Crippen molar-refractivity contribution in [3.8, 4) is 0 Å². The first-order valence-electron chi connectivity index (χ1n) is 7.06. The first kappa shape index (κ1) is 17.5. The molecule has 1 aromatic rings. The first-order valence-corrected chi connectivity index (χ1v) is 7.06. The van der Waals surface area contributed by atoms with Crippen LogP contribution in [0.25, 0.3) is 0 Å². The Morgan fingerprint density at radius 3 is 2.48 bits per heavy atom. The lowest BCUT2D eigenvalue weighted by Crippen LogP contribution is -2.30. The molecule has 6 heteroatoms. The minimum absolute atomic E-state index is 0.0349. The number of nitrogens with zero attached hydrogens (tertiary/aromatic N) is 1. The Morgan fingerprint density at radius 2 is 1.90 bits per heavy atom. The smallest absolute Gasteiger partial charge is 0.352 e. The Morgan fingerprint density at radius 1 is 1.24 bits per heavy atom. The maximum atomic E-state index is 12.6. The highest BCUT2D eigenvalue weighted by Gasteiger charge is 2.30. The fraction of sp³-hybridized carbons (Fsp3) is 0.533. The number of alkyl halides is 3. The number of rotatable bonds is 7. The Hall–Kier alpha value is -1.56. The first-order chi connectivity index (χ1) is 9.88. The van der Waals surface area contributed by atoms with Crippen LogP contribution >= 0.6 is 0 Å². The molecule has 0 fully saturated rings. The normalized spacial score (nSPS) is 11.7. The zero-order valence-corrected chi connectivity index (χ0v) is 12.3. The van der Waals surface area contributed by atoms with Gasteiger partial charge >= 0.3 is 6.18 Å². The van der Waals surface area contributed by atoms with Crippen LogP contribution in [-0.4, -0.2) is 37.0 Å². The van der Waals surface area contributed by atoms with Crippen LogP contribution in [0, 0.1) is 0 Å². The lowest BCUT2D eigenvalue weighted by Gasteiger charge is -2.17. The quantitative estimate of drug-likeness (QED) is 0.785. The summed E-state index contributed by atoms with van der Waals surface area (Å²) >= 11 is 0. The van der Waals surface area contributed by atoms with Crippen molar-refractivity contribution in [1.29, 1.82) is 0 Å². The second-order valence-corrected chi connectivity index (χ2v) is 4.71. The molecule has 1 aromatic carbocycles. The number of hydrogen-bond acceptors (Lipinski definition) is 2. The van der Waals surface area contributed by atoms with E-state index in [0.29, 0.717) is 6.54 Å². The van der Waals surface area contributed by atoms with Gasteiger partial charge in [0.1, 0.15) is 0 Å². The van der Waals surface area contributed by atoms with E-state index in [0.717, 1.165) is 38.2 Å². The van der Waals surface area contributed by atoms with E-state index in [-0.39, 0.29) is 5.56 Å². The fourth-order valence-electron chi connectivity index (χ4n) is 1.98. The molecule has 1 N–H and O–H groups in total. The fourth-order valence-corrected chi connectivity index (χ4v) is 1.98. The highest BCUT2D eigenvalue weighted by molar-refractivity contribution is 5.94. The van der Waals surface area contributed by atoms with E-state index in [1.807, 2.05) is 0 Å². The van der Waals surface area contributed by atoms with Crippen LogP contribution in [0.5, 0.6) is 0 Å². The molecule has 0 saturated carbocycles. The summed E-state index contributed by atoms with van der Waals surface area (Å²) in [6, 6.07) is 4.46. The van der Waals surface area contributed by atoms with Crippen molar-refractivity contribution in [3.63, 3.8) is 0 Å². The number of nitrogens with one attached hydrogen (secondary N) is 1. The molecule has 0 bridgehead atoms. The third kappa shape index (κ3) is 5.75. The molecule has 0 radical (unpaired) electrons.